The summed E-state index contributed by atoms with van der Waals surface area (Å²) in [5, 5.41) is 2.73. The van der Waals surface area contributed by atoms with E-state index < -0.39 is 41.1 Å². The van der Waals surface area contributed by atoms with Gasteiger partial charge in [0.15, 0.2) is 6.61 Å². The van der Waals surface area contributed by atoms with E-state index in [9.17, 15) is 22.8 Å². The van der Waals surface area contributed by atoms with Crippen LogP contribution in [-0.2, 0) is 29.1 Å². The minimum atomic E-state index is -3.85. The van der Waals surface area contributed by atoms with Crippen LogP contribution < -0.4 is 10.0 Å². The lowest BCUT2D eigenvalue weighted by atomic mass is 10.2. The van der Waals surface area contributed by atoms with Crippen molar-refractivity contribution in [3.63, 3.8) is 0 Å². The van der Waals surface area contributed by atoms with Gasteiger partial charge in [0, 0.05) is 5.41 Å². The van der Waals surface area contributed by atoms with Gasteiger partial charge in [0.1, 0.15) is 6.54 Å². The number of imide groups is 1. The topological polar surface area (TPSA) is 128 Å². The molecule has 9 nitrogen and oxygen atoms in total. The first-order chi connectivity index (χ1) is 11.8. The van der Waals surface area contributed by atoms with Gasteiger partial charge < -0.3 is 9.47 Å². The van der Waals surface area contributed by atoms with E-state index in [0.29, 0.717) is 5.56 Å². The van der Waals surface area contributed by atoms with E-state index in [-0.39, 0.29) is 6.61 Å². The Morgan fingerprint density at radius 3 is 2.44 bits per heavy atom. The predicted molar refractivity (Wildman–Crippen MR) is 88.5 cm³/mol. The molecule has 1 aromatic rings. The molecule has 1 aromatic carbocycles. The van der Waals surface area contributed by atoms with Crippen molar-refractivity contribution in [3.8, 4) is 0 Å². The van der Waals surface area contributed by atoms with Crippen molar-refractivity contribution in [1.82, 2.24) is 10.0 Å². The van der Waals surface area contributed by atoms with Crippen molar-refractivity contribution >= 4 is 34.1 Å². The maximum Gasteiger partial charge on any atom is 0.413 e. The molecule has 25 heavy (non-hydrogen) atoms. The highest BCUT2D eigenvalue weighted by Crippen LogP contribution is 2.02. The largest absolute Gasteiger partial charge is 0.455 e. The molecule has 0 bridgehead atoms. The average Bonchev–Trinajstić information content (AvgIpc) is 2.58. The lowest BCUT2D eigenvalue weighted by Gasteiger charge is -2.06. The van der Waals surface area contributed by atoms with E-state index in [2.05, 4.69) is 9.47 Å². The molecule has 0 fully saturated rings. The molecule has 0 aliphatic heterocycles. The third kappa shape index (κ3) is 9.23. The van der Waals surface area contributed by atoms with Crippen LogP contribution >= 0.6 is 0 Å². The zero-order valence-electron chi connectivity index (χ0n) is 13.4. The molecule has 0 heterocycles. The maximum absolute atomic E-state index is 11.7. The van der Waals surface area contributed by atoms with E-state index in [1.807, 2.05) is 10.0 Å². The van der Waals surface area contributed by atoms with Crippen molar-refractivity contribution in [2.24, 2.45) is 0 Å². The first-order valence-corrected chi connectivity index (χ1v) is 8.72. The van der Waals surface area contributed by atoms with Crippen LogP contribution in [0.15, 0.2) is 35.7 Å². The summed E-state index contributed by atoms with van der Waals surface area (Å²) in [6.45, 7) is 0.243. The molecule has 0 spiro atoms. The minimum absolute atomic E-state index is 0.0805. The fraction of sp³-hybridized carbons (Fsp3) is 0.267. The molecule has 0 aliphatic rings. The molecule has 0 atom stereocenters. The number of hydrogen-bond donors (Lipinski definition) is 2. The van der Waals surface area contributed by atoms with E-state index in [1.165, 1.54) is 6.08 Å². The molecule has 0 saturated carbocycles. The summed E-state index contributed by atoms with van der Waals surface area (Å²) in [7, 11) is -3.85. The first kappa shape index (κ1) is 20.3. The molecule has 10 heteroatoms. The lowest BCUT2D eigenvalue weighted by molar-refractivity contribution is -0.147. The Morgan fingerprint density at radius 1 is 1.12 bits per heavy atom. The van der Waals surface area contributed by atoms with Crippen molar-refractivity contribution in [3.05, 3.63) is 41.3 Å². The van der Waals surface area contributed by atoms with Crippen LogP contribution in [0.5, 0.6) is 0 Å². The molecule has 1 rings (SSSR count). The second-order valence-corrected chi connectivity index (χ2v) is 6.16. The number of esters is 1. The number of carbonyl (C=O) groups is 3. The Labute approximate surface area is 145 Å². The Bertz CT molecular complexity index is 730. The van der Waals surface area contributed by atoms with Gasteiger partial charge in [-0.25, -0.2) is 17.9 Å². The highest BCUT2D eigenvalue weighted by molar-refractivity contribution is 7.92. The predicted octanol–water partition coefficient (Wildman–Crippen LogP) is 0.393. The number of alkyl carbamates (subject to hydrolysis) is 1. The number of carbonyl (C=O) groups excluding carboxylic acids is 3. The monoisotopic (exact) mass is 370 g/mol. The fourth-order valence-corrected chi connectivity index (χ4v) is 2.21. The van der Waals surface area contributed by atoms with Crippen molar-refractivity contribution in [2.45, 2.75) is 6.92 Å². The van der Waals surface area contributed by atoms with E-state index in [4.69, 9.17) is 0 Å². The second kappa shape index (κ2) is 10.2. The summed E-state index contributed by atoms with van der Waals surface area (Å²) in [5.74, 6) is -1.87. The highest BCUT2D eigenvalue weighted by Gasteiger charge is 2.13. The van der Waals surface area contributed by atoms with Gasteiger partial charge in [-0.3, -0.25) is 14.9 Å². The smallest absolute Gasteiger partial charge is 0.413 e. The van der Waals surface area contributed by atoms with Crippen LogP contribution in [0.3, 0.4) is 0 Å². The van der Waals surface area contributed by atoms with Crippen LogP contribution in [0, 0.1) is 0 Å². The van der Waals surface area contributed by atoms with Gasteiger partial charge in [-0.1, -0.05) is 30.3 Å². The van der Waals surface area contributed by atoms with Crippen molar-refractivity contribution < 1.29 is 32.3 Å². The third-order valence-corrected chi connectivity index (χ3v) is 3.58. The fourth-order valence-electron chi connectivity index (χ4n) is 1.45. The van der Waals surface area contributed by atoms with Crippen molar-refractivity contribution in [2.75, 3.05) is 19.8 Å². The van der Waals surface area contributed by atoms with Gasteiger partial charge in [0.25, 0.3) is 5.91 Å². The summed E-state index contributed by atoms with van der Waals surface area (Å²) in [6.07, 6.45) is 0.399. The number of nitrogens with one attached hydrogen (secondary N) is 2. The number of sulfonamides is 1. The van der Waals surface area contributed by atoms with Crippen LogP contribution in [-0.4, -0.2) is 46.1 Å². The Morgan fingerprint density at radius 2 is 1.80 bits per heavy atom. The third-order valence-electron chi connectivity index (χ3n) is 2.54. The van der Waals surface area contributed by atoms with Gasteiger partial charge in [0.05, 0.1) is 6.61 Å². The zero-order valence-corrected chi connectivity index (χ0v) is 14.2. The molecule has 0 unspecified atom stereocenters. The Hall–Kier alpha value is -2.72. The number of amides is 2. The minimum Gasteiger partial charge on any atom is -0.455 e. The van der Waals surface area contributed by atoms with E-state index in [1.54, 1.807) is 37.3 Å². The molecule has 2 N–H and O–H groups in total. The van der Waals surface area contributed by atoms with Gasteiger partial charge in [0.2, 0.25) is 10.0 Å². The summed E-state index contributed by atoms with van der Waals surface area (Å²) >= 11 is 0. The van der Waals surface area contributed by atoms with E-state index >= 15 is 0 Å². The highest BCUT2D eigenvalue weighted by atomic mass is 32.2. The molecule has 0 radical (unpaired) electrons. The summed E-state index contributed by atoms with van der Waals surface area (Å²) < 4.78 is 34.4. The van der Waals surface area contributed by atoms with Gasteiger partial charge in [-0.2, -0.15) is 0 Å². The summed E-state index contributed by atoms with van der Waals surface area (Å²) in [6, 6.07) is 8.71. The SMILES string of the molecule is CCOC(=O)NC(=O)COC(=O)CNS(=O)(=O)C=Cc1ccccc1. The van der Waals surface area contributed by atoms with Gasteiger partial charge in [-0.05, 0) is 18.6 Å². The number of hydrogen-bond acceptors (Lipinski definition) is 7. The molecule has 136 valence electrons. The molecular formula is C15H18N2O7S. The maximum atomic E-state index is 11.7. The number of benzene rings is 1. The lowest BCUT2D eigenvalue weighted by Crippen LogP contribution is -2.36. The standard InChI is InChI=1S/C15H18N2O7S/c1-2-23-15(20)17-13(18)11-24-14(19)10-16-25(21,22)9-8-12-6-4-3-5-7-12/h3-9,16H,2,10-11H2,1H3,(H,17,18,20). The number of ether oxygens (including phenoxy) is 2. The van der Waals surface area contributed by atoms with Crippen LogP contribution in [0.1, 0.15) is 12.5 Å². The number of rotatable bonds is 8. The first-order valence-electron chi connectivity index (χ1n) is 7.17. The van der Waals surface area contributed by atoms with E-state index in [0.717, 1.165) is 5.41 Å². The van der Waals surface area contributed by atoms with Crippen molar-refractivity contribution in [1.29, 1.82) is 0 Å². The summed E-state index contributed by atoms with van der Waals surface area (Å²) in [5.41, 5.74) is 0.672. The zero-order chi connectivity index (χ0) is 18.7. The normalized spacial score (nSPS) is 11.1. The Balaban J connectivity index is 2.36. The molecular weight excluding hydrogens is 352 g/mol. The Kier molecular flexibility index (Phi) is 8.30. The summed E-state index contributed by atoms with van der Waals surface area (Å²) in [4.78, 5) is 33.6. The quantitative estimate of drug-likeness (QED) is 0.634. The molecule has 2 amide bonds. The average molecular weight is 370 g/mol. The molecule has 0 saturated heterocycles. The molecule has 0 aromatic heterocycles. The second-order valence-electron chi connectivity index (χ2n) is 4.51. The van der Waals surface area contributed by atoms with Gasteiger partial charge in [-0.15, -0.1) is 0 Å². The van der Waals surface area contributed by atoms with Gasteiger partial charge >= 0.3 is 12.1 Å². The van der Waals surface area contributed by atoms with Crippen LogP contribution in [0.4, 0.5) is 4.79 Å². The van der Waals surface area contributed by atoms with Crippen LogP contribution in [0.2, 0.25) is 0 Å². The molecule has 0 aliphatic carbocycles. The van der Waals surface area contributed by atoms with Crippen LogP contribution in [0.25, 0.3) is 6.08 Å².